The highest BCUT2D eigenvalue weighted by Crippen LogP contribution is 2.10. The van der Waals surface area contributed by atoms with Crippen molar-refractivity contribution in [3.05, 3.63) is 0 Å². The summed E-state index contributed by atoms with van der Waals surface area (Å²) in [6.07, 6.45) is 7.74. The maximum absolute atomic E-state index is 5.81. The second-order valence-corrected chi connectivity index (χ2v) is 4.25. The average molecular weight is 195 g/mol. The van der Waals surface area contributed by atoms with Gasteiger partial charge >= 0.3 is 0 Å². The van der Waals surface area contributed by atoms with Crippen LogP contribution in [0.1, 0.15) is 45.4 Å². The summed E-state index contributed by atoms with van der Waals surface area (Å²) in [5.74, 6) is 1.03. The molecule has 0 N–H and O–H groups in total. The SMILES string of the molecule is CC(Cl)CCCCCCCS. The molecule has 0 aliphatic heterocycles. The summed E-state index contributed by atoms with van der Waals surface area (Å²) in [6, 6.07) is 0. The maximum atomic E-state index is 5.81. The Labute approximate surface area is 81.1 Å². The average Bonchev–Trinajstić information content (AvgIpc) is 1.96. The summed E-state index contributed by atoms with van der Waals surface area (Å²) in [7, 11) is 0. The summed E-state index contributed by atoms with van der Waals surface area (Å²) in [6.45, 7) is 2.06. The van der Waals surface area contributed by atoms with E-state index in [9.17, 15) is 0 Å². The van der Waals surface area contributed by atoms with E-state index in [0.29, 0.717) is 5.38 Å². The molecule has 0 radical (unpaired) electrons. The molecule has 2 heteroatoms. The molecular formula is C9H19ClS. The maximum Gasteiger partial charge on any atom is 0.0307 e. The van der Waals surface area contributed by atoms with Crippen LogP contribution in [0.4, 0.5) is 0 Å². The van der Waals surface area contributed by atoms with Gasteiger partial charge in [-0.2, -0.15) is 12.6 Å². The van der Waals surface area contributed by atoms with Gasteiger partial charge in [0.15, 0.2) is 0 Å². The number of alkyl halides is 1. The molecule has 0 aliphatic carbocycles. The lowest BCUT2D eigenvalue weighted by Gasteiger charge is -2.01. The molecule has 68 valence electrons. The molecule has 0 nitrogen and oxygen atoms in total. The normalized spacial score (nSPS) is 13.4. The Morgan fingerprint density at radius 3 is 2.18 bits per heavy atom. The van der Waals surface area contributed by atoms with Gasteiger partial charge in [0.05, 0.1) is 0 Å². The van der Waals surface area contributed by atoms with Gasteiger partial charge in [-0.3, -0.25) is 0 Å². The summed E-state index contributed by atoms with van der Waals surface area (Å²) < 4.78 is 0. The van der Waals surface area contributed by atoms with Crippen LogP contribution in [0.15, 0.2) is 0 Å². The number of hydrogen-bond acceptors (Lipinski definition) is 1. The lowest BCUT2D eigenvalue weighted by atomic mass is 10.1. The topological polar surface area (TPSA) is 0 Å². The van der Waals surface area contributed by atoms with Crippen molar-refractivity contribution < 1.29 is 0 Å². The minimum absolute atomic E-state index is 0.361. The number of rotatable bonds is 7. The van der Waals surface area contributed by atoms with Gasteiger partial charge in [-0.05, 0) is 25.5 Å². The Morgan fingerprint density at radius 1 is 1.09 bits per heavy atom. The van der Waals surface area contributed by atoms with Crippen LogP contribution in [0.3, 0.4) is 0 Å². The predicted molar refractivity (Wildman–Crippen MR) is 56.9 cm³/mol. The lowest BCUT2D eigenvalue weighted by Crippen LogP contribution is -1.90. The Balaban J connectivity index is 2.80. The van der Waals surface area contributed by atoms with Crippen LogP contribution < -0.4 is 0 Å². The van der Waals surface area contributed by atoms with Crippen molar-refractivity contribution in [2.24, 2.45) is 0 Å². The predicted octanol–water partition coefficient (Wildman–Crippen LogP) is 3.88. The van der Waals surface area contributed by atoms with Crippen LogP contribution in [0.25, 0.3) is 0 Å². The quantitative estimate of drug-likeness (QED) is 0.355. The Kier molecular flexibility index (Phi) is 9.24. The number of unbranched alkanes of at least 4 members (excludes halogenated alkanes) is 4. The van der Waals surface area contributed by atoms with Gasteiger partial charge in [-0.15, -0.1) is 11.6 Å². The van der Waals surface area contributed by atoms with Crippen LogP contribution in [0, 0.1) is 0 Å². The molecule has 0 spiro atoms. The van der Waals surface area contributed by atoms with Crippen molar-refractivity contribution in [3.8, 4) is 0 Å². The molecule has 0 aromatic rings. The van der Waals surface area contributed by atoms with Crippen molar-refractivity contribution in [1.82, 2.24) is 0 Å². The zero-order chi connectivity index (χ0) is 8.53. The summed E-state index contributed by atoms with van der Waals surface area (Å²) >= 11 is 9.96. The molecule has 0 aromatic carbocycles. The number of hydrogen-bond donors (Lipinski definition) is 1. The van der Waals surface area contributed by atoms with E-state index in [4.69, 9.17) is 11.6 Å². The number of halogens is 1. The van der Waals surface area contributed by atoms with Gasteiger partial charge in [-0.1, -0.05) is 25.7 Å². The van der Waals surface area contributed by atoms with Crippen molar-refractivity contribution >= 4 is 24.2 Å². The molecule has 0 saturated heterocycles. The minimum atomic E-state index is 0.361. The molecule has 1 atom stereocenters. The molecule has 0 bridgehead atoms. The van der Waals surface area contributed by atoms with Crippen LogP contribution in [0.5, 0.6) is 0 Å². The molecule has 0 amide bonds. The zero-order valence-electron chi connectivity index (χ0n) is 7.35. The molecular weight excluding hydrogens is 176 g/mol. The minimum Gasteiger partial charge on any atom is -0.179 e. The van der Waals surface area contributed by atoms with E-state index >= 15 is 0 Å². The van der Waals surface area contributed by atoms with E-state index < -0.39 is 0 Å². The van der Waals surface area contributed by atoms with Crippen LogP contribution in [0.2, 0.25) is 0 Å². The molecule has 0 saturated carbocycles. The number of thiol groups is 1. The fourth-order valence-corrected chi connectivity index (χ4v) is 1.45. The summed E-state index contributed by atoms with van der Waals surface area (Å²) in [5.41, 5.74) is 0. The van der Waals surface area contributed by atoms with Gasteiger partial charge in [-0.25, -0.2) is 0 Å². The van der Waals surface area contributed by atoms with Crippen molar-refractivity contribution in [1.29, 1.82) is 0 Å². The van der Waals surface area contributed by atoms with Gasteiger partial charge in [0, 0.05) is 5.38 Å². The highest BCUT2D eigenvalue weighted by Gasteiger charge is 1.95. The molecule has 0 rings (SSSR count). The molecule has 0 fully saturated rings. The monoisotopic (exact) mass is 194 g/mol. The third kappa shape index (κ3) is 10.6. The third-order valence-corrected chi connectivity index (χ3v) is 2.29. The Hall–Kier alpha value is 0.640. The fourth-order valence-electron chi connectivity index (χ4n) is 1.07. The Morgan fingerprint density at radius 2 is 1.64 bits per heavy atom. The van der Waals surface area contributed by atoms with Gasteiger partial charge in [0.1, 0.15) is 0 Å². The largest absolute Gasteiger partial charge is 0.179 e. The Bertz CT molecular complexity index is 74.0. The van der Waals surface area contributed by atoms with Gasteiger partial charge < -0.3 is 0 Å². The van der Waals surface area contributed by atoms with Crippen LogP contribution in [-0.2, 0) is 0 Å². The summed E-state index contributed by atoms with van der Waals surface area (Å²) in [5, 5.41) is 0.361. The lowest BCUT2D eigenvalue weighted by molar-refractivity contribution is 0.606. The highest BCUT2D eigenvalue weighted by atomic mass is 35.5. The first-order chi connectivity index (χ1) is 5.27. The standard InChI is InChI=1S/C9H19ClS/c1-9(10)7-5-3-2-4-6-8-11/h9,11H,2-8H2,1H3. The second-order valence-electron chi connectivity index (χ2n) is 3.06. The first kappa shape index (κ1) is 11.6. The molecule has 1 unspecified atom stereocenters. The van der Waals surface area contributed by atoms with E-state index in [-0.39, 0.29) is 0 Å². The molecule has 11 heavy (non-hydrogen) atoms. The van der Waals surface area contributed by atoms with E-state index in [1.807, 2.05) is 0 Å². The zero-order valence-corrected chi connectivity index (χ0v) is 9.00. The first-order valence-electron chi connectivity index (χ1n) is 4.52. The van der Waals surface area contributed by atoms with Crippen LogP contribution in [-0.4, -0.2) is 11.1 Å². The highest BCUT2D eigenvalue weighted by molar-refractivity contribution is 7.80. The second kappa shape index (κ2) is 8.73. The van der Waals surface area contributed by atoms with Gasteiger partial charge in [0.25, 0.3) is 0 Å². The smallest absolute Gasteiger partial charge is 0.0307 e. The molecule has 0 aromatic heterocycles. The van der Waals surface area contributed by atoms with E-state index in [1.165, 1.54) is 38.5 Å². The summed E-state index contributed by atoms with van der Waals surface area (Å²) in [4.78, 5) is 0. The molecule has 0 heterocycles. The van der Waals surface area contributed by atoms with E-state index in [0.717, 1.165) is 5.75 Å². The molecule has 0 aliphatic rings. The van der Waals surface area contributed by atoms with Crippen molar-refractivity contribution in [2.45, 2.75) is 50.8 Å². The van der Waals surface area contributed by atoms with Crippen LogP contribution >= 0.6 is 24.2 Å². The van der Waals surface area contributed by atoms with Crippen molar-refractivity contribution in [3.63, 3.8) is 0 Å². The van der Waals surface area contributed by atoms with Gasteiger partial charge in [0.2, 0.25) is 0 Å². The van der Waals surface area contributed by atoms with E-state index in [1.54, 1.807) is 0 Å². The first-order valence-corrected chi connectivity index (χ1v) is 5.59. The van der Waals surface area contributed by atoms with Crippen molar-refractivity contribution in [2.75, 3.05) is 5.75 Å². The fraction of sp³-hybridized carbons (Fsp3) is 1.00. The van der Waals surface area contributed by atoms with E-state index in [2.05, 4.69) is 19.6 Å². The third-order valence-electron chi connectivity index (χ3n) is 1.76.